The summed E-state index contributed by atoms with van der Waals surface area (Å²) in [5.41, 5.74) is -1.72. The monoisotopic (exact) mass is 269 g/mol. The van der Waals surface area contributed by atoms with Crippen LogP contribution in [0.2, 0.25) is 0 Å². The average Bonchev–Trinajstić information content (AvgIpc) is 2.11. The van der Waals surface area contributed by atoms with Crippen molar-refractivity contribution in [1.82, 2.24) is 0 Å². The molecule has 1 aromatic rings. The standard InChI is InChI=1S/C7H3BrF3NO2/c1-2-4(9)3(8)5(10)6(11)7(2)12(13)14/h1H3. The quantitative estimate of drug-likeness (QED) is 0.340. The van der Waals surface area contributed by atoms with Crippen LogP contribution in [-0.4, -0.2) is 4.92 Å². The number of rotatable bonds is 1. The Morgan fingerprint density at radius 2 is 1.71 bits per heavy atom. The lowest BCUT2D eigenvalue weighted by molar-refractivity contribution is -0.388. The van der Waals surface area contributed by atoms with Crippen LogP contribution in [0.3, 0.4) is 0 Å². The van der Waals surface area contributed by atoms with Crippen LogP contribution in [0, 0.1) is 34.5 Å². The molecular formula is C7H3BrF3NO2. The van der Waals surface area contributed by atoms with E-state index in [-0.39, 0.29) is 0 Å². The van der Waals surface area contributed by atoms with Crippen LogP contribution >= 0.6 is 15.9 Å². The van der Waals surface area contributed by atoms with Gasteiger partial charge in [-0.05, 0) is 22.9 Å². The smallest absolute Gasteiger partial charge is 0.258 e. The van der Waals surface area contributed by atoms with Crippen LogP contribution in [0.5, 0.6) is 0 Å². The highest BCUT2D eigenvalue weighted by atomic mass is 79.9. The van der Waals surface area contributed by atoms with Crippen molar-refractivity contribution in [3.8, 4) is 0 Å². The van der Waals surface area contributed by atoms with Gasteiger partial charge in [0.15, 0.2) is 5.82 Å². The van der Waals surface area contributed by atoms with E-state index in [1.165, 1.54) is 0 Å². The molecule has 0 N–H and O–H groups in total. The average molecular weight is 270 g/mol. The number of nitrogens with zero attached hydrogens (tertiary/aromatic N) is 1. The zero-order chi connectivity index (χ0) is 11.0. The molecule has 0 saturated carbocycles. The van der Waals surface area contributed by atoms with Crippen LogP contribution in [0.1, 0.15) is 5.56 Å². The van der Waals surface area contributed by atoms with Gasteiger partial charge >= 0.3 is 5.69 Å². The highest BCUT2D eigenvalue weighted by Gasteiger charge is 2.28. The Hall–Kier alpha value is -1.11. The largest absolute Gasteiger partial charge is 0.313 e. The first-order valence-electron chi connectivity index (χ1n) is 3.34. The fourth-order valence-electron chi connectivity index (χ4n) is 0.947. The summed E-state index contributed by atoms with van der Waals surface area (Å²) in [6, 6.07) is 0. The lowest BCUT2D eigenvalue weighted by Gasteiger charge is -2.03. The second-order valence-electron chi connectivity index (χ2n) is 2.49. The van der Waals surface area contributed by atoms with Crippen molar-refractivity contribution in [3.05, 3.63) is 37.6 Å². The van der Waals surface area contributed by atoms with Gasteiger partial charge in [0.05, 0.1) is 15.0 Å². The van der Waals surface area contributed by atoms with Crippen molar-refractivity contribution in [1.29, 1.82) is 0 Å². The van der Waals surface area contributed by atoms with Gasteiger partial charge in [-0.2, -0.15) is 4.39 Å². The minimum Gasteiger partial charge on any atom is -0.258 e. The van der Waals surface area contributed by atoms with E-state index in [1.54, 1.807) is 0 Å². The molecule has 7 heteroatoms. The third-order valence-electron chi connectivity index (χ3n) is 1.65. The molecule has 0 radical (unpaired) electrons. The summed E-state index contributed by atoms with van der Waals surface area (Å²) in [5.74, 6) is -4.43. The first-order valence-corrected chi connectivity index (χ1v) is 4.14. The van der Waals surface area contributed by atoms with Gasteiger partial charge in [0.2, 0.25) is 5.82 Å². The predicted molar refractivity (Wildman–Crippen MR) is 45.4 cm³/mol. The summed E-state index contributed by atoms with van der Waals surface area (Å²) in [4.78, 5) is 9.11. The number of nitro benzene ring substituents is 1. The summed E-state index contributed by atoms with van der Waals surface area (Å²) >= 11 is 2.45. The Bertz CT molecular complexity index is 393. The second-order valence-corrected chi connectivity index (χ2v) is 3.28. The summed E-state index contributed by atoms with van der Waals surface area (Å²) < 4.78 is 38.1. The molecule has 1 aromatic carbocycles. The number of hydrogen-bond donors (Lipinski definition) is 0. The van der Waals surface area contributed by atoms with Crippen molar-refractivity contribution in [2.75, 3.05) is 0 Å². The first kappa shape index (κ1) is 11.0. The topological polar surface area (TPSA) is 43.1 Å². The third-order valence-corrected chi connectivity index (χ3v) is 2.35. The highest BCUT2D eigenvalue weighted by molar-refractivity contribution is 9.10. The summed E-state index contributed by atoms with van der Waals surface area (Å²) in [6.45, 7) is 1.00. The maximum atomic E-state index is 13.0. The molecule has 0 saturated heterocycles. The van der Waals surface area contributed by atoms with Crippen LogP contribution in [0.15, 0.2) is 4.47 Å². The Kier molecular flexibility index (Phi) is 2.79. The highest BCUT2D eigenvalue weighted by Crippen LogP contribution is 2.32. The van der Waals surface area contributed by atoms with E-state index in [1.807, 2.05) is 0 Å². The molecule has 0 fully saturated rings. The van der Waals surface area contributed by atoms with E-state index in [9.17, 15) is 23.3 Å². The van der Waals surface area contributed by atoms with Crippen molar-refractivity contribution in [3.63, 3.8) is 0 Å². The van der Waals surface area contributed by atoms with Gasteiger partial charge in [-0.1, -0.05) is 0 Å². The number of benzene rings is 1. The Balaban J connectivity index is 3.68. The first-order chi connectivity index (χ1) is 6.37. The van der Waals surface area contributed by atoms with Gasteiger partial charge in [0, 0.05) is 0 Å². The Morgan fingerprint density at radius 3 is 2.14 bits per heavy atom. The minimum atomic E-state index is -1.67. The molecule has 1 rings (SSSR count). The Labute approximate surface area is 84.8 Å². The van der Waals surface area contributed by atoms with Crippen molar-refractivity contribution in [2.24, 2.45) is 0 Å². The predicted octanol–water partition coefficient (Wildman–Crippen LogP) is 3.08. The lowest BCUT2D eigenvalue weighted by atomic mass is 10.2. The molecule has 0 aliphatic carbocycles. The van der Waals surface area contributed by atoms with E-state index in [4.69, 9.17) is 0 Å². The van der Waals surface area contributed by atoms with Gasteiger partial charge < -0.3 is 0 Å². The molecule has 14 heavy (non-hydrogen) atoms. The van der Waals surface area contributed by atoms with Gasteiger partial charge in [-0.3, -0.25) is 10.1 Å². The molecule has 0 unspecified atom stereocenters. The zero-order valence-electron chi connectivity index (χ0n) is 6.78. The van der Waals surface area contributed by atoms with Crippen LogP contribution in [0.4, 0.5) is 18.9 Å². The molecule has 0 bridgehead atoms. The normalized spacial score (nSPS) is 10.4. The summed E-state index contributed by atoms with van der Waals surface area (Å²) in [7, 11) is 0. The van der Waals surface area contributed by atoms with E-state index >= 15 is 0 Å². The molecule has 0 atom stereocenters. The molecule has 0 amide bonds. The van der Waals surface area contributed by atoms with Gasteiger partial charge in [-0.25, -0.2) is 8.78 Å². The van der Waals surface area contributed by atoms with Crippen molar-refractivity contribution in [2.45, 2.75) is 6.92 Å². The molecule has 0 aliphatic heterocycles. The molecule has 3 nitrogen and oxygen atoms in total. The maximum Gasteiger partial charge on any atom is 0.313 e. The van der Waals surface area contributed by atoms with Crippen LogP contribution in [-0.2, 0) is 0 Å². The van der Waals surface area contributed by atoms with E-state index in [0.717, 1.165) is 6.92 Å². The van der Waals surface area contributed by atoms with Crippen molar-refractivity contribution >= 4 is 21.6 Å². The maximum absolute atomic E-state index is 13.0. The lowest BCUT2D eigenvalue weighted by Crippen LogP contribution is -2.03. The number of halogens is 4. The molecule has 0 aliphatic rings. The fraction of sp³-hybridized carbons (Fsp3) is 0.143. The summed E-state index contributed by atoms with van der Waals surface area (Å²) in [5, 5.41) is 10.3. The van der Waals surface area contributed by atoms with E-state index in [0.29, 0.717) is 0 Å². The number of hydrogen-bond acceptors (Lipinski definition) is 2. The molecule has 0 spiro atoms. The van der Waals surface area contributed by atoms with Crippen LogP contribution in [0.25, 0.3) is 0 Å². The SMILES string of the molecule is Cc1c(F)c(Br)c(F)c(F)c1[N+](=O)[O-]. The van der Waals surface area contributed by atoms with E-state index < -0.39 is 38.1 Å². The third kappa shape index (κ3) is 1.47. The van der Waals surface area contributed by atoms with Gasteiger partial charge in [0.1, 0.15) is 5.82 Å². The molecule has 0 heterocycles. The zero-order valence-corrected chi connectivity index (χ0v) is 8.36. The second kappa shape index (κ2) is 3.56. The molecule has 76 valence electrons. The number of nitro groups is 1. The fourth-order valence-corrected chi connectivity index (χ4v) is 1.42. The van der Waals surface area contributed by atoms with Gasteiger partial charge in [0.25, 0.3) is 0 Å². The Morgan fingerprint density at radius 1 is 1.21 bits per heavy atom. The van der Waals surface area contributed by atoms with E-state index in [2.05, 4.69) is 15.9 Å². The summed E-state index contributed by atoms with van der Waals surface area (Å²) in [6.07, 6.45) is 0. The van der Waals surface area contributed by atoms with Gasteiger partial charge in [-0.15, -0.1) is 0 Å². The van der Waals surface area contributed by atoms with Crippen LogP contribution < -0.4 is 0 Å². The molecular weight excluding hydrogens is 267 g/mol. The molecule has 0 aromatic heterocycles. The van der Waals surface area contributed by atoms with Crippen molar-refractivity contribution < 1.29 is 18.1 Å². The minimum absolute atomic E-state index is 0.541.